The standard InChI is InChI=1S/C10H16N4O/c1-13-9(15)12-8(11)10(13)6-14-4-2-7(10)3-5-14/h7H,2-6H2,1H3,(H2,11,12,15). The first kappa shape index (κ1) is 9.15. The molecule has 5 nitrogen and oxygen atoms in total. The summed E-state index contributed by atoms with van der Waals surface area (Å²) in [5.74, 6) is 0.878. The van der Waals surface area contributed by atoms with E-state index in [2.05, 4.69) is 10.2 Å². The van der Waals surface area contributed by atoms with Crippen LogP contribution in [0, 0.1) is 11.3 Å². The van der Waals surface area contributed by atoms with Gasteiger partial charge < -0.3 is 9.80 Å². The van der Waals surface area contributed by atoms with E-state index < -0.39 is 0 Å². The minimum absolute atomic E-state index is 0.117. The number of carbonyl (C=O) groups is 1. The number of amidine groups is 1. The maximum atomic E-state index is 11.6. The van der Waals surface area contributed by atoms with Crippen LogP contribution in [0.2, 0.25) is 0 Å². The first-order valence-electron chi connectivity index (χ1n) is 5.51. The van der Waals surface area contributed by atoms with Gasteiger partial charge in [0.05, 0.1) is 0 Å². The van der Waals surface area contributed by atoms with Crippen molar-refractivity contribution in [3.8, 4) is 0 Å². The Morgan fingerprint density at radius 1 is 1.47 bits per heavy atom. The van der Waals surface area contributed by atoms with Gasteiger partial charge >= 0.3 is 6.03 Å². The van der Waals surface area contributed by atoms with Crippen molar-refractivity contribution in [2.24, 2.45) is 5.92 Å². The Hall–Kier alpha value is -1.10. The van der Waals surface area contributed by atoms with Crippen LogP contribution in [-0.2, 0) is 0 Å². The first-order valence-corrected chi connectivity index (χ1v) is 5.51. The molecule has 4 heterocycles. The van der Waals surface area contributed by atoms with Crippen molar-refractivity contribution in [3.63, 3.8) is 0 Å². The fourth-order valence-corrected chi connectivity index (χ4v) is 3.35. The number of rotatable bonds is 0. The molecule has 2 N–H and O–H groups in total. The molecule has 2 amide bonds. The Kier molecular flexibility index (Phi) is 1.66. The van der Waals surface area contributed by atoms with Gasteiger partial charge in [0.15, 0.2) is 0 Å². The summed E-state index contributed by atoms with van der Waals surface area (Å²) < 4.78 is 0. The van der Waals surface area contributed by atoms with Crippen molar-refractivity contribution in [1.29, 1.82) is 5.41 Å². The minimum Gasteiger partial charge on any atom is -0.313 e. The van der Waals surface area contributed by atoms with E-state index >= 15 is 0 Å². The summed E-state index contributed by atoms with van der Waals surface area (Å²) in [6, 6.07) is -0.117. The second-order valence-electron chi connectivity index (χ2n) is 4.84. The van der Waals surface area contributed by atoms with Crippen LogP contribution in [-0.4, -0.2) is 53.9 Å². The van der Waals surface area contributed by atoms with Crippen molar-refractivity contribution in [2.75, 3.05) is 26.7 Å². The molecule has 82 valence electrons. The molecule has 0 aromatic rings. The van der Waals surface area contributed by atoms with Gasteiger partial charge in [-0.15, -0.1) is 0 Å². The third-order valence-corrected chi connectivity index (χ3v) is 4.30. The third kappa shape index (κ3) is 0.963. The SMILES string of the molecule is CN1C(=O)NC(=N)C12CN1CCC2CC1. The molecule has 0 aromatic carbocycles. The molecule has 0 aromatic heterocycles. The topological polar surface area (TPSA) is 59.4 Å². The Balaban J connectivity index is 2.02. The summed E-state index contributed by atoms with van der Waals surface area (Å²) in [5, 5.41) is 10.7. The molecular weight excluding hydrogens is 192 g/mol. The van der Waals surface area contributed by atoms with Crippen LogP contribution in [0.25, 0.3) is 0 Å². The normalized spacial score (nSPS) is 43.9. The molecule has 1 atom stereocenters. The lowest BCUT2D eigenvalue weighted by Gasteiger charge is -2.53. The molecular formula is C10H16N4O. The fourth-order valence-electron chi connectivity index (χ4n) is 3.35. The molecule has 5 heteroatoms. The zero-order chi connectivity index (χ0) is 10.6. The maximum Gasteiger partial charge on any atom is 0.323 e. The Morgan fingerprint density at radius 2 is 2.13 bits per heavy atom. The molecule has 4 fully saturated rings. The Bertz CT molecular complexity index is 334. The monoisotopic (exact) mass is 208 g/mol. The predicted octanol–water partition coefficient (Wildman–Crippen LogP) is 0.0831. The van der Waals surface area contributed by atoms with Gasteiger partial charge in [-0.1, -0.05) is 0 Å². The van der Waals surface area contributed by atoms with E-state index in [1.807, 2.05) is 7.05 Å². The Labute approximate surface area is 88.9 Å². The zero-order valence-corrected chi connectivity index (χ0v) is 8.92. The number of likely N-dealkylation sites (N-methyl/N-ethyl adjacent to an activating group) is 1. The van der Waals surface area contributed by atoms with Gasteiger partial charge in [0.2, 0.25) is 0 Å². The van der Waals surface area contributed by atoms with Crippen LogP contribution in [0.1, 0.15) is 12.8 Å². The quantitative estimate of drug-likeness (QED) is 0.592. The summed E-state index contributed by atoms with van der Waals surface area (Å²) in [4.78, 5) is 15.7. The molecule has 1 spiro atoms. The summed E-state index contributed by atoms with van der Waals surface area (Å²) >= 11 is 0. The van der Waals surface area contributed by atoms with E-state index in [-0.39, 0.29) is 11.6 Å². The molecule has 4 rings (SSSR count). The van der Waals surface area contributed by atoms with Gasteiger partial charge in [0.25, 0.3) is 0 Å². The number of fused-ring (bicyclic) bond motifs is 2. The van der Waals surface area contributed by atoms with Gasteiger partial charge in [-0.2, -0.15) is 0 Å². The average molecular weight is 208 g/mol. The van der Waals surface area contributed by atoms with E-state index in [1.54, 1.807) is 4.90 Å². The number of piperidine rings is 3. The summed E-state index contributed by atoms with van der Waals surface area (Å²) in [6.45, 7) is 3.09. The van der Waals surface area contributed by atoms with Gasteiger partial charge in [0, 0.05) is 13.6 Å². The highest BCUT2D eigenvalue weighted by Crippen LogP contribution is 2.41. The zero-order valence-electron chi connectivity index (χ0n) is 8.92. The lowest BCUT2D eigenvalue weighted by Crippen LogP contribution is -2.67. The second kappa shape index (κ2) is 2.72. The second-order valence-corrected chi connectivity index (χ2v) is 4.84. The van der Waals surface area contributed by atoms with Crippen molar-refractivity contribution in [1.82, 2.24) is 15.1 Å². The molecule has 15 heavy (non-hydrogen) atoms. The van der Waals surface area contributed by atoms with Crippen LogP contribution in [0.4, 0.5) is 4.79 Å². The smallest absolute Gasteiger partial charge is 0.313 e. The molecule has 4 saturated heterocycles. The van der Waals surface area contributed by atoms with Crippen LogP contribution < -0.4 is 5.32 Å². The van der Waals surface area contributed by atoms with E-state index in [9.17, 15) is 4.79 Å². The molecule has 1 unspecified atom stereocenters. The maximum absolute atomic E-state index is 11.6. The number of carbonyl (C=O) groups excluding carboxylic acids is 1. The van der Waals surface area contributed by atoms with Crippen molar-refractivity contribution in [3.05, 3.63) is 0 Å². The number of nitrogens with one attached hydrogen (secondary N) is 2. The van der Waals surface area contributed by atoms with Gasteiger partial charge in [-0.05, 0) is 31.8 Å². The highest BCUT2D eigenvalue weighted by atomic mass is 16.2. The van der Waals surface area contributed by atoms with Crippen LogP contribution >= 0.6 is 0 Å². The van der Waals surface area contributed by atoms with E-state index in [0.29, 0.717) is 11.8 Å². The van der Waals surface area contributed by atoms with Crippen LogP contribution in [0.5, 0.6) is 0 Å². The van der Waals surface area contributed by atoms with E-state index in [0.717, 1.165) is 32.5 Å². The largest absolute Gasteiger partial charge is 0.323 e. The molecule has 4 aliphatic rings. The van der Waals surface area contributed by atoms with Gasteiger partial charge in [-0.25, -0.2) is 4.79 Å². The summed E-state index contributed by atoms with van der Waals surface area (Å²) in [6.07, 6.45) is 2.23. The summed E-state index contributed by atoms with van der Waals surface area (Å²) in [5.41, 5.74) is -0.340. The number of hydrogen-bond donors (Lipinski definition) is 2. The molecule has 0 saturated carbocycles. The fraction of sp³-hybridized carbons (Fsp3) is 0.800. The molecule has 2 bridgehead atoms. The van der Waals surface area contributed by atoms with Crippen LogP contribution in [0.3, 0.4) is 0 Å². The lowest BCUT2D eigenvalue weighted by atomic mass is 9.72. The van der Waals surface area contributed by atoms with Gasteiger partial charge in [0.1, 0.15) is 11.4 Å². The first-order chi connectivity index (χ1) is 7.14. The van der Waals surface area contributed by atoms with Crippen molar-refractivity contribution < 1.29 is 4.79 Å². The summed E-state index contributed by atoms with van der Waals surface area (Å²) in [7, 11) is 1.82. The highest BCUT2D eigenvalue weighted by Gasteiger charge is 2.57. The minimum atomic E-state index is -0.340. The predicted molar refractivity (Wildman–Crippen MR) is 55.9 cm³/mol. The third-order valence-electron chi connectivity index (χ3n) is 4.30. The molecule has 4 aliphatic heterocycles. The number of amides is 2. The average Bonchev–Trinajstić information content (AvgIpc) is 2.46. The number of urea groups is 1. The highest BCUT2D eigenvalue weighted by molar-refractivity contribution is 6.08. The van der Waals surface area contributed by atoms with Crippen molar-refractivity contribution in [2.45, 2.75) is 18.4 Å². The van der Waals surface area contributed by atoms with Gasteiger partial charge in [-0.3, -0.25) is 10.7 Å². The number of nitrogens with zero attached hydrogens (tertiary/aromatic N) is 2. The molecule has 0 radical (unpaired) electrons. The van der Waals surface area contributed by atoms with Crippen LogP contribution in [0.15, 0.2) is 0 Å². The number of hydrogen-bond acceptors (Lipinski definition) is 3. The lowest BCUT2D eigenvalue weighted by molar-refractivity contribution is 0.00569. The van der Waals surface area contributed by atoms with E-state index in [1.165, 1.54) is 0 Å². The molecule has 0 aliphatic carbocycles. The van der Waals surface area contributed by atoms with E-state index in [4.69, 9.17) is 5.41 Å². The Morgan fingerprint density at radius 3 is 2.53 bits per heavy atom. The van der Waals surface area contributed by atoms with Crippen molar-refractivity contribution >= 4 is 11.9 Å².